The van der Waals surface area contributed by atoms with Gasteiger partial charge in [-0.3, -0.25) is 0 Å². The molecule has 0 bridgehead atoms. The van der Waals surface area contributed by atoms with Crippen molar-refractivity contribution < 1.29 is 23.7 Å². The molecule has 0 spiro atoms. The molecule has 0 saturated carbocycles. The molecule has 7 nitrogen and oxygen atoms in total. The second-order valence-electron chi connectivity index (χ2n) is 6.64. The molecule has 0 aliphatic carbocycles. The number of rotatable bonds is 15. The van der Waals surface area contributed by atoms with Crippen molar-refractivity contribution in [2.75, 3.05) is 55.2 Å². The zero-order valence-electron chi connectivity index (χ0n) is 20.1. The van der Waals surface area contributed by atoms with Crippen molar-refractivity contribution in [1.29, 1.82) is 0 Å². The van der Waals surface area contributed by atoms with Crippen molar-refractivity contribution in [1.82, 2.24) is 10.0 Å². The SMILES string of the molecule is C\C=C(OC)/C(OC)=C(\C=C(/C)CCN(C(C)C(OC)OCC)N(C)CC)OC. The highest BCUT2D eigenvalue weighted by Crippen LogP contribution is 2.21. The second kappa shape index (κ2) is 15.3. The summed E-state index contributed by atoms with van der Waals surface area (Å²) in [5, 5.41) is 4.47. The Balaban J connectivity index is 5.51. The lowest BCUT2D eigenvalue weighted by molar-refractivity contribution is -0.188. The van der Waals surface area contributed by atoms with Gasteiger partial charge in [-0.15, -0.1) is 0 Å². The fourth-order valence-electron chi connectivity index (χ4n) is 3.04. The third-order valence-corrected chi connectivity index (χ3v) is 4.79. The number of methoxy groups -OCH3 is 4. The minimum Gasteiger partial charge on any atom is -0.493 e. The Labute approximate surface area is 177 Å². The van der Waals surface area contributed by atoms with Crippen LogP contribution in [0.1, 0.15) is 41.0 Å². The molecular formula is C22H42N2O5. The molecule has 0 fully saturated rings. The van der Waals surface area contributed by atoms with E-state index in [0.717, 1.165) is 25.1 Å². The smallest absolute Gasteiger partial charge is 0.202 e. The predicted octanol–water partition coefficient (Wildman–Crippen LogP) is 3.94. The van der Waals surface area contributed by atoms with Crippen LogP contribution in [0.25, 0.3) is 0 Å². The van der Waals surface area contributed by atoms with Crippen molar-refractivity contribution in [3.63, 3.8) is 0 Å². The van der Waals surface area contributed by atoms with E-state index in [0.29, 0.717) is 23.9 Å². The topological polar surface area (TPSA) is 52.6 Å². The summed E-state index contributed by atoms with van der Waals surface area (Å²) in [5.41, 5.74) is 1.16. The van der Waals surface area contributed by atoms with E-state index in [4.69, 9.17) is 23.7 Å². The van der Waals surface area contributed by atoms with Gasteiger partial charge in [0.2, 0.25) is 5.76 Å². The number of hydrogen-bond acceptors (Lipinski definition) is 7. The first-order valence-electron chi connectivity index (χ1n) is 10.2. The maximum absolute atomic E-state index is 5.75. The van der Waals surface area contributed by atoms with Gasteiger partial charge in [0.25, 0.3) is 0 Å². The van der Waals surface area contributed by atoms with E-state index < -0.39 is 0 Å². The van der Waals surface area contributed by atoms with Crippen LogP contribution in [0.4, 0.5) is 0 Å². The lowest BCUT2D eigenvalue weighted by Crippen LogP contribution is -2.52. The second-order valence-corrected chi connectivity index (χ2v) is 6.64. The van der Waals surface area contributed by atoms with Crippen molar-refractivity contribution in [3.05, 3.63) is 35.0 Å². The van der Waals surface area contributed by atoms with Gasteiger partial charge in [0, 0.05) is 33.9 Å². The predicted molar refractivity (Wildman–Crippen MR) is 117 cm³/mol. The van der Waals surface area contributed by atoms with Gasteiger partial charge in [0.05, 0.1) is 27.4 Å². The van der Waals surface area contributed by atoms with Gasteiger partial charge in [-0.25, -0.2) is 10.0 Å². The van der Waals surface area contributed by atoms with Gasteiger partial charge in [0.15, 0.2) is 17.8 Å². The normalized spacial score (nSPS) is 16.0. The summed E-state index contributed by atoms with van der Waals surface area (Å²) < 4.78 is 27.7. The molecule has 0 heterocycles. The molecule has 0 rings (SSSR count). The summed E-state index contributed by atoms with van der Waals surface area (Å²) in [6, 6.07) is 0.0767. The summed E-state index contributed by atoms with van der Waals surface area (Å²) in [7, 11) is 8.61. The average Bonchev–Trinajstić information content (AvgIpc) is 2.73. The van der Waals surface area contributed by atoms with Gasteiger partial charge in [0.1, 0.15) is 0 Å². The number of hydrogen-bond donors (Lipinski definition) is 0. The summed E-state index contributed by atoms with van der Waals surface area (Å²) in [5.74, 6) is 1.84. The molecule has 0 aliphatic heterocycles. The summed E-state index contributed by atoms with van der Waals surface area (Å²) in [6.45, 7) is 12.5. The maximum Gasteiger partial charge on any atom is 0.202 e. The Morgan fingerprint density at radius 1 is 1.03 bits per heavy atom. The molecule has 7 heteroatoms. The maximum atomic E-state index is 5.75. The molecule has 0 aliphatic rings. The standard InChI is InChI=1S/C22H42N2O5/c1-11-19(25-7)21(27-9)20(26-8)16-17(4)14-15-24(23(6)12-2)18(5)22(28-10)29-13-3/h11,16,18,22H,12-15H2,1-10H3/b17-16+,19-11+,21-20-. The van der Waals surface area contributed by atoms with E-state index in [1.807, 2.05) is 26.0 Å². The minimum atomic E-state index is -0.285. The summed E-state index contributed by atoms with van der Waals surface area (Å²) in [6.07, 6.45) is 4.40. The molecule has 0 saturated heterocycles. The summed E-state index contributed by atoms with van der Waals surface area (Å²) >= 11 is 0. The Hall–Kier alpha value is -1.54. The molecule has 0 aromatic carbocycles. The Morgan fingerprint density at radius 3 is 2.10 bits per heavy atom. The molecule has 0 aromatic heterocycles. The first-order valence-corrected chi connectivity index (χ1v) is 10.2. The fraction of sp³-hybridized carbons (Fsp3) is 0.727. The van der Waals surface area contributed by atoms with Crippen LogP contribution >= 0.6 is 0 Å². The largest absolute Gasteiger partial charge is 0.493 e. The van der Waals surface area contributed by atoms with Crippen LogP contribution in [-0.2, 0) is 23.7 Å². The van der Waals surface area contributed by atoms with Crippen molar-refractivity contribution in [2.45, 2.75) is 53.4 Å². The Bertz CT molecular complexity index is 545. The Kier molecular flexibility index (Phi) is 14.5. The van der Waals surface area contributed by atoms with Gasteiger partial charge in [-0.2, -0.15) is 0 Å². The van der Waals surface area contributed by atoms with Crippen LogP contribution in [0.2, 0.25) is 0 Å². The molecule has 2 atom stereocenters. The van der Waals surface area contributed by atoms with E-state index in [1.54, 1.807) is 28.4 Å². The van der Waals surface area contributed by atoms with Gasteiger partial charge < -0.3 is 23.7 Å². The van der Waals surface area contributed by atoms with Crippen LogP contribution in [0, 0.1) is 0 Å². The first kappa shape index (κ1) is 27.5. The van der Waals surface area contributed by atoms with E-state index >= 15 is 0 Å². The van der Waals surface area contributed by atoms with Gasteiger partial charge >= 0.3 is 0 Å². The van der Waals surface area contributed by atoms with E-state index in [1.165, 1.54) is 0 Å². The third-order valence-electron chi connectivity index (χ3n) is 4.79. The number of nitrogens with zero attached hydrogens (tertiary/aromatic N) is 2. The molecule has 2 unspecified atom stereocenters. The highest BCUT2D eigenvalue weighted by atomic mass is 16.7. The van der Waals surface area contributed by atoms with Crippen LogP contribution in [0.5, 0.6) is 0 Å². The summed E-state index contributed by atoms with van der Waals surface area (Å²) in [4.78, 5) is 0. The zero-order chi connectivity index (χ0) is 22.4. The van der Waals surface area contributed by atoms with E-state index in [-0.39, 0.29) is 12.3 Å². The van der Waals surface area contributed by atoms with E-state index in [9.17, 15) is 0 Å². The van der Waals surface area contributed by atoms with Crippen molar-refractivity contribution in [2.24, 2.45) is 0 Å². The molecule has 170 valence electrons. The molecule has 0 amide bonds. The lowest BCUT2D eigenvalue weighted by atomic mass is 10.1. The first-order chi connectivity index (χ1) is 13.8. The highest BCUT2D eigenvalue weighted by Gasteiger charge is 2.26. The number of allylic oxidation sites excluding steroid dienone is 2. The van der Waals surface area contributed by atoms with Crippen LogP contribution in [0.15, 0.2) is 35.0 Å². The number of hydrazine groups is 1. The minimum absolute atomic E-state index is 0.0767. The quantitative estimate of drug-likeness (QED) is 0.174. The Morgan fingerprint density at radius 2 is 1.69 bits per heavy atom. The number of ether oxygens (including phenoxy) is 5. The van der Waals surface area contributed by atoms with E-state index in [2.05, 4.69) is 37.8 Å². The lowest BCUT2D eigenvalue weighted by Gasteiger charge is -2.39. The average molecular weight is 415 g/mol. The monoisotopic (exact) mass is 414 g/mol. The van der Waals surface area contributed by atoms with Crippen LogP contribution < -0.4 is 0 Å². The van der Waals surface area contributed by atoms with Crippen LogP contribution in [0.3, 0.4) is 0 Å². The zero-order valence-corrected chi connectivity index (χ0v) is 20.1. The van der Waals surface area contributed by atoms with Gasteiger partial charge in [-0.05, 0) is 46.3 Å². The van der Waals surface area contributed by atoms with Crippen LogP contribution in [-0.4, -0.2) is 77.5 Å². The highest BCUT2D eigenvalue weighted by molar-refractivity contribution is 5.31. The molecule has 0 aromatic rings. The third kappa shape index (κ3) is 8.78. The molecule has 0 radical (unpaired) electrons. The van der Waals surface area contributed by atoms with Crippen molar-refractivity contribution >= 4 is 0 Å². The molecule has 0 N–H and O–H groups in total. The van der Waals surface area contributed by atoms with Gasteiger partial charge in [-0.1, -0.05) is 12.5 Å². The molecule has 29 heavy (non-hydrogen) atoms. The van der Waals surface area contributed by atoms with Crippen molar-refractivity contribution in [3.8, 4) is 0 Å². The fourth-order valence-corrected chi connectivity index (χ4v) is 3.04. The molecular weight excluding hydrogens is 372 g/mol.